The van der Waals surface area contributed by atoms with Crippen LogP contribution < -0.4 is 10.6 Å². The van der Waals surface area contributed by atoms with E-state index in [0.717, 1.165) is 17.8 Å². The predicted octanol–water partition coefficient (Wildman–Crippen LogP) is 3.91. The third kappa shape index (κ3) is 4.88. The normalized spacial score (nSPS) is 10.5. The largest absolute Gasteiger partial charge is 0.354 e. The summed E-state index contributed by atoms with van der Waals surface area (Å²) < 4.78 is 0. The van der Waals surface area contributed by atoms with Crippen LogP contribution in [0.15, 0.2) is 42.6 Å². The lowest BCUT2D eigenvalue weighted by Gasteiger charge is -2.08. The molecule has 2 N–H and O–H groups in total. The van der Waals surface area contributed by atoms with Gasteiger partial charge in [-0.25, -0.2) is 4.98 Å². The van der Waals surface area contributed by atoms with Gasteiger partial charge in [-0.1, -0.05) is 31.5 Å². The maximum Gasteiger partial charge on any atom is 0.269 e. The maximum absolute atomic E-state index is 11.9. The van der Waals surface area contributed by atoms with E-state index in [2.05, 4.69) is 36.4 Å². The smallest absolute Gasteiger partial charge is 0.269 e. The molecule has 116 valence electrons. The molecule has 4 nitrogen and oxygen atoms in total. The summed E-state index contributed by atoms with van der Waals surface area (Å²) in [4.78, 5) is 16.2. The van der Waals surface area contributed by atoms with Crippen molar-refractivity contribution >= 4 is 17.3 Å². The van der Waals surface area contributed by atoms with Gasteiger partial charge in [0, 0.05) is 12.2 Å². The zero-order chi connectivity index (χ0) is 15.9. The molecule has 0 aliphatic heterocycles. The van der Waals surface area contributed by atoms with Crippen molar-refractivity contribution in [3.63, 3.8) is 0 Å². The van der Waals surface area contributed by atoms with Crippen LogP contribution in [0.3, 0.4) is 0 Å². The lowest BCUT2D eigenvalue weighted by molar-refractivity contribution is 0.0947. The number of nitrogens with one attached hydrogen (secondary N) is 2. The second kappa shape index (κ2) is 7.59. The first-order valence-corrected chi connectivity index (χ1v) is 7.62. The number of carbonyl (C=O) groups excluding carboxylic acids is 1. The van der Waals surface area contributed by atoms with Gasteiger partial charge in [0.05, 0.1) is 11.9 Å². The number of amides is 1. The summed E-state index contributed by atoms with van der Waals surface area (Å²) in [5.41, 5.74) is 3.53. The first kappa shape index (κ1) is 16.0. The summed E-state index contributed by atoms with van der Waals surface area (Å²) in [5.74, 6) is 0.455. The molecule has 1 aromatic heterocycles. The Morgan fingerprint density at radius 3 is 2.36 bits per heavy atom. The van der Waals surface area contributed by atoms with Crippen LogP contribution in [0.25, 0.3) is 0 Å². The van der Waals surface area contributed by atoms with Crippen LogP contribution in [-0.2, 0) is 0 Å². The third-order valence-corrected chi connectivity index (χ3v) is 3.34. The Morgan fingerprint density at radius 2 is 1.77 bits per heavy atom. The second-order valence-corrected chi connectivity index (χ2v) is 5.86. The zero-order valence-corrected chi connectivity index (χ0v) is 13.4. The molecule has 2 rings (SSSR count). The average molecular weight is 297 g/mol. The van der Waals surface area contributed by atoms with Gasteiger partial charge in [-0.3, -0.25) is 4.79 Å². The fourth-order valence-electron chi connectivity index (χ4n) is 1.97. The second-order valence-electron chi connectivity index (χ2n) is 5.86. The molecule has 0 radical (unpaired) electrons. The van der Waals surface area contributed by atoms with E-state index in [-0.39, 0.29) is 5.91 Å². The number of hydrogen-bond donors (Lipinski definition) is 2. The lowest BCUT2D eigenvalue weighted by atomic mass is 10.1. The summed E-state index contributed by atoms with van der Waals surface area (Å²) in [6.07, 6.45) is 2.65. The number of anilines is 2. The molecule has 0 aliphatic carbocycles. The van der Waals surface area contributed by atoms with Crippen molar-refractivity contribution in [2.45, 2.75) is 27.2 Å². The van der Waals surface area contributed by atoms with E-state index in [0.29, 0.717) is 18.2 Å². The molecule has 1 amide bonds. The number of aryl methyl sites for hydroxylation is 1. The van der Waals surface area contributed by atoms with Crippen molar-refractivity contribution < 1.29 is 4.79 Å². The molecule has 0 bridgehead atoms. The Bertz CT molecular complexity index is 603. The van der Waals surface area contributed by atoms with Crippen LogP contribution >= 0.6 is 0 Å². The average Bonchev–Trinajstić information content (AvgIpc) is 2.50. The number of nitrogens with zero attached hydrogens (tertiary/aromatic N) is 1. The first-order chi connectivity index (χ1) is 10.5. The first-order valence-electron chi connectivity index (χ1n) is 7.62. The molecular weight excluding hydrogens is 274 g/mol. The molecule has 2 aromatic rings. The maximum atomic E-state index is 11.9. The van der Waals surface area contributed by atoms with E-state index in [1.165, 1.54) is 5.56 Å². The van der Waals surface area contributed by atoms with Gasteiger partial charge >= 0.3 is 0 Å². The Hall–Kier alpha value is -2.36. The molecule has 0 unspecified atom stereocenters. The number of hydrogen-bond acceptors (Lipinski definition) is 3. The highest BCUT2D eigenvalue weighted by atomic mass is 16.1. The van der Waals surface area contributed by atoms with Crippen LogP contribution in [0.4, 0.5) is 11.4 Å². The Balaban J connectivity index is 1.92. The number of pyridine rings is 1. The number of rotatable bonds is 6. The molecule has 22 heavy (non-hydrogen) atoms. The van der Waals surface area contributed by atoms with E-state index in [9.17, 15) is 4.79 Å². The van der Waals surface area contributed by atoms with Crippen LogP contribution in [0, 0.1) is 12.8 Å². The van der Waals surface area contributed by atoms with Crippen LogP contribution in [0.5, 0.6) is 0 Å². The van der Waals surface area contributed by atoms with Crippen molar-refractivity contribution in [3.8, 4) is 0 Å². The third-order valence-electron chi connectivity index (χ3n) is 3.34. The quantitative estimate of drug-likeness (QED) is 0.850. The van der Waals surface area contributed by atoms with Crippen molar-refractivity contribution in [1.82, 2.24) is 10.3 Å². The molecule has 0 spiro atoms. The standard InChI is InChI=1S/C18H23N3O/c1-13(2)10-11-19-18(22)17-9-8-16(12-20-17)21-15-6-4-14(3)5-7-15/h4-9,12-13,21H,10-11H2,1-3H3,(H,19,22). The summed E-state index contributed by atoms with van der Waals surface area (Å²) in [7, 11) is 0. The SMILES string of the molecule is Cc1ccc(Nc2ccc(C(=O)NCCC(C)C)nc2)cc1. The highest BCUT2D eigenvalue weighted by molar-refractivity contribution is 5.92. The molecule has 0 aliphatic rings. The molecule has 4 heteroatoms. The van der Waals surface area contributed by atoms with Crippen LogP contribution in [-0.4, -0.2) is 17.4 Å². The summed E-state index contributed by atoms with van der Waals surface area (Å²) in [6, 6.07) is 11.7. The molecule has 0 fully saturated rings. The lowest BCUT2D eigenvalue weighted by Crippen LogP contribution is -2.26. The minimum atomic E-state index is -0.123. The molecule has 0 saturated heterocycles. The minimum Gasteiger partial charge on any atom is -0.354 e. The van der Waals surface area contributed by atoms with Crippen LogP contribution in [0.1, 0.15) is 36.3 Å². The van der Waals surface area contributed by atoms with E-state index >= 15 is 0 Å². The summed E-state index contributed by atoms with van der Waals surface area (Å²) >= 11 is 0. The predicted molar refractivity (Wildman–Crippen MR) is 90.5 cm³/mol. The summed E-state index contributed by atoms with van der Waals surface area (Å²) in [6.45, 7) is 7.01. The molecular formula is C18H23N3O. The molecule has 1 aromatic carbocycles. The van der Waals surface area contributed by atoms with Crippen molar-refractivity contribution in [2.24, 2.45) is 5.92 Å². The Morgan fingerprint density at radius 1 is 1.09 bits per heavy atom. The highest BCUT2D eigenvalue weighted by Crippen LogP contribution is 2.16. The van der Waals surface area contributed by atoms with Crippen LogP contribution in [0.2, 0.25) is 0 Å². The monoisotopic (exact) mass is 297 g/mol. The molecule has 1 heterocycles. The molecule has 0 saturated carbocycles. The van der Waals surface area contributed by atoms with Gasteiger partial charge in [0.15, 0.2) is 0 Å². The Labute approximate surface area is 132 Å². The fraction of sp³-hybridized carbons (Fsp3) is 0.333. The van der Waals surface area contributed by atoms with Crippen molar-refractivity contribution in [2.75, 3.05) is 11.9 Å². The zero-order valence-electron chi connectivity index (χ0n) is 13.4. The van der Waals surface area contributed by atoms with E-state index < -0.39 is 0 Å². The van der Waals surface area contributed by atoms with Gasteiger partial charge in [-0.2, -0.15) is 0 Å². The van der Waals surface area contributed by atoms with Gasteiger partial charge in [0.25, 0.3) is 5.91 Å². The summed E-state index contributed by atoms with van der Waals surface area (Å²) in [5, 5.41) is 6.14. The van der Waals surface area contributed by atoms with E-state index in [1.54, 1.807) is 12.3 Å². The topological polar surface area (TPSA) is 54.0 Å². The van der Waals surface area contributed by atoms with E-state index in [4.69, 9.17) is 0 Å². The number of benzene rings is 1. The highest BCUT2D eigenvalue weighted by Gasteiger charge is 2.06. The fourth-order valence-corrected chi connectivity index (χ4v) is 1.97. The van der Waals surface area contributed by atoms with Gasteiger partial charge in [-0.15, -0.1) is 0 Å². The van der Waals surface area contributed by atoms with Crippen molar-refractivity contribution in [3.05, 3.63) is 53.9 Å². The number of aromatic nitrogens is 1. The van der Waals surface area contributed by atoms with Crippen molar-refractivity contribution in [1.29, 1.82) is 0 Å². The van der Waals surface area contributed by atoms with Gasteiger partial charge in [-0.05, 0) is 43.5 Å². The van der Waals surface area contributed by atoms with Gasteiger partial charge in [0.1, 0.15) is 5.69 Å². The molecule has 0 atom stereocenters. The minimum absolute atomic E-state index is 0.123. The Kier molecular flexibility index (Phi) is 5.53. The van der Waals surface area contributed by atoms with Gasteiger partial charge in [0.2, 0.25) is 0 Å². The number of carbonyl (C=O) groups is 1. The van der Waals surface area contributed by atoms with Gasteiger partial charge < -0.3 is 10.6 Å². The van der Waals surface area contributed by atoms with E-state index in [1.807, 2.05) is 30.3 Å².